The first-order valence-corrected chi connectivity index (χ1v) is 10.2. The van der Waals surface area contributed by atoms with Gasteiger partial charge in [-0.25, -0.2) is 0 Å². The molecule has 1 aromatic heterocycles. The summed E-state index contributed by atoms with van der Waals surface area (Å²) in [6.07, 6.45) is 5.21. The monoisotopic (exact) mass is 420 g/mol. The molecular formula is C21H29ClN4O3. The van der Waals surface area contributed by atoms with Crippen molar-refractivity contribution in [3.05, 3.63) is 36.0 Å². The van der Waals surface area contributed by atoms with E-state index in [0.29, 0.717) is 35.7 Å². The molecule has 1 saturated carbocycles. The lowest BCUT2D eigenvalue weighted by Gasteiger charge is -2.28. The summed E-state index contributed by atoms with van der Waals surface area (Å²) in [5.74, 6) is 3.46. The van der Waals surface area contributed by atoms with Crippen molar-refractivity contribution >= 4 is 24.0 Å². The van der Waals surface area contributed by atoms with Gasteiger partial charge in [-0.1, -0.05) is 12.1 Å². The molecule has 2 heterocycles. The number of ether oxygens (including phenoxy) is 1. The Bertz CT molecular complexity index is 785. The molecule has 1 aliphatic heterocycles. The molecule has 4 rings (SSSR count). The lowest BCUT2D eigenvalue weighted by atomic mass is 9.85. The van der Waals surface area contributed by atoms with E-state index >= 15 is 0 Å². The molecule has 0 radical (unpaired) electrons. The number of hydrogen-bond donors (Lipinski definition) is 2. The third-order valence-corrected chi connectivity index (χ3v) is 5.56. The topological polar surface area (TPSA) is 89.3 Å². The fourth-order valence-corrected chi connectivity index (χ4v) is 3.64. The van der Waals surface area contributed by atoms with E-state index in [9.17, 15) is 4.79 Å². The number of benzene rings is 1. The SMILES string of the molecule is CC(CC(=O)Nc1ccc(OCc2noc(C3CC3)n2)cc1)C1CCCNC1.Cl. The van der Waals surface area contributed by atoms with Gasteiger partial charge in [0, 0.05) is 18.0 Å². The standard InChI is InChI=1S/C21H28N4O3.ClH/c1-14(16-3-2-10-22-12-16)11-20(26)23-17-6-8-18(9-7-17)27-13-19-24-21(28-25-19)15-4-5-15;/h6-9,14-16,22H,2-5,10-13H2,1H3,(H,23,26);1H. The van der Waals surface area contributed by atoms with E-state index in [0.717, 1.165) is 37.5 Å². The molecule has 1 saturated heterocycles. The minimum atomic E-state index is 0. The quantitative estimate of drug-likeness (QED) is 0.672. The molecule has 2 aliphatic rings. The smallest absolute Gasteiger partial charge is 0.229 e. The molecule has 158 valence electrons. The Kier molecular flexibility index (Phi) is 7.50. The molecule has 8 heteroatoms. The van der Waals surface area contributed by atoms with Crippen LogP contribution in [0.25, 0.3) is 0 Å². The van der Waals surface area contributed by atoms with E-state index in [1.165, 1.54) is 12.8 Å². The van der Waals surface area contributed by atoms with Gasteiger partial charge in [0.2, 0.25) is 17.6 Å². The van der Waals surface area contributed by atoms with Crippen LogP contribution in [0.15, 0.2) is 28.8 Å². The van der Waals surface area contributed by atoms with Crippen LogP contribution in [0.5, 0.6) is 5.75 Å². The third kappa shape index (κ3) is 6.18. The second kappa shape index (κ2) is 10.1. The van der Waals surface area contributed by atoms with Crippen molar-refractivity contribution < 1.29 is 14.1 Å². The summed E-state index contributed by atoms with van der Waals surface area (Å²) in [5.41, 5.74) is 0.780. The average molecular weight is 421 g/mol. The van der Waals surface area contributed by atoms with E-state index in [-0.39, 0.29) is 24.9 Å². The van der Waals surface area contributed by atoms with Crippen LogP contribution in [0, 0.1) is 11.8 Å². The number of carbonyl (C=O) groups is 1. The Balaban J connectivity index is 0.00000240. The van der Waals surface area contributed by atoms with Crippen LogP contribution in [0.1, 0.15) is 56.7 Å². The van der Waals surface area contributed by atoms with Crippen molar-refractivity contribution in [2.45, 2.75) is 51.6 Å². The molecule has 2 fully saturated rings. The summed E-state index contributed by atoms with van der Waals surface area (Å²) in [5, 5.41) is 10.3. The van der Waals surface area contributed by atoms with Crippen molar-refractivity contribution in [3.8, 4) is 5.75 Å². The maximum Gasteiger partial charge on any atom is 0.229 e. The minimum Gasteiger partial charge on any atom is -0.485 e. The van der Waals surface area contributed by atoms with Crippen molar-refractivity contribution in [2.75, 3.05) is 18.4 Å². The van der Waals surface area contributed by atoms with Gasteiger partial charge in [0.15, 0.2) is 6.61 Å². The van der Waals surface area contributed by atoms with Gasteiger partial charge in [-0.05, 0) is 74.9 Å². The summed E-state index contributed by atoms with van der Waals surface area (Å²) in [7, 11) is 0. The number of hydrogen-bond acceptors (Lipinski definition) is 6. The van der Waals surface area contributed by atoms with E-state index < -0.39 is 0 Å². The molecule has 1 amide bonds. The Labute approximate surface area is 177 Å². The largest absolute Gasteiger partial charge is 0.485 e. The van der Waals surface area contributed by atoms with Gasteiger partial charge in [0.05, 0.1) is 0 Å². The number of piperidine rings is 1. The Morgan fingerprint density at radius 2 is 2.10 bits per heavy atom. The number of nitrogens with zero attached hydrogens (tertiary/aromatic N) is 2. The van der Waals surface area contributed by atoms with Crippen molar-refractivity contribution in [3.63, 3.8) is 0 Å². The van der Waals surface area contributed by atoms with Crippen LogP contribution < -0.4 is 15.4 Å². The number of halogens is 1. The van der Waals surface area contributed by atoms with Crippen LogP contribution in [0.2, 0.25) is 0 Å². The highest BCUT2D eigenvalue weighted by Gasteiger charge is 2.29. The molecule has 2 unspecified atom stereocenters. The first kappa shape index (κ1) is 21.6. The van der Waals surface area contributed by atoms with Gasteiger partial charge in [-0.2, -0.15) is 4.98 Å². The Morgan fingerprint density at radius 1 is 1.31 bits per heavy atom. The molecule has 2 N–H and O–H groups in total. The molecule has 29 heavy (non-hydrogen) atoms. The highest BCUT2D eigenvalue weighted by Crippen LogP contribution is 2.38. The van der Waals surface area contributed by atoms with E-state index in [1.807, 2.05) is 24.3 Å². The molecule has 7 nitrogen and oxygen atoms in total. The van der Waals surface area contributed by atoms with Gasteiger partial charge >= 0.3 is 0 Å². The van der Waals surface area contributed by atoms with Crippen LogP contribution in [-0.4, -0.2) is 29.1 Å². The Hall–Kier alpha value is -2.12. The van der Waals surface area contributed by atoms with E-state index in [4.69, 9.17) is 9.26 Å². The normalized spacial score (nSPS) is 19.8. The second-order valence-corrected chi connectivity index (χ2v) is 7.97. The number of carbonyl (C=O) groups excluding carboxylic acids is 1. The van der Waals surface area contributed by atoms with Crippen LogP contribution >= 0.6 is 12.4 Å². The fourth-order valence-electron chi connectivity index (χ4n) is 3.64. The van der Waals surface area contributed by atoms with Gasteiger partial charge in [0.25, 0.3) is 0 Å². The molecule has 0 spiro atoms. The molecule has 0 bridgehead atoms. The Morgan fingerprint density at radius 3 is 2.79 bits per heavy atom. The second-order valence-electron chi connectivity index (χ2n) is 7.97. The highest BCUT2D eigenvalue weighted by molar-refractivity contribution is 5.90. The van der Waals surface area contributed by atoms with E-state index in [2.05, 4.69) is 27.7 Å². The van der Waals surface area contributed by atoms with Crippen LogP contribution in [0.3, 0.4) is 0 Å². The molecule has 2 aromatic rings. The molecule has 2 atom stereocenters. The zero-order valence-electron chi connectivity index (χ0n) is 16.7. The summed E-state index contributed by atoms with van der Waals surface area (Å²) >= 11 is 0. The first-order valence-electron chi connectivity index (χ1n) is 10.2. The number of rotatable bonds is 8. The molecular weight excluding hydrogens is 392 g/mol. The maximum absolute atomic E-state index is 12.3. The lowest BCUT2D eigenvalue weighted by molar-refractivity contribution is -0.117. The van der Waals surface area contributed by atoms with Gasteiger partial charge < -0.3 is 19.9 Å². The number of amides is 1. The van der Waals surface area contributed by atoms with Crippen LogP contribution in [-0.2, 0) is 11.4 Å². The lowest BCUT2D eigenvalue weighted by Crippen LogP contribution is -2.34. The summed E-state index contributed by atoms with van der Waals surface area (Å²) in [6.45, 7) is 4.55. The molecule has 1 aliphatic carbocycles. The number of nitrogens with one attached hydrogen (secondary N) is 2. The van der Waals surface area contributed by atoms with Crippen LogP contribution in [0.4, 0.5) is 5.69 Å². The predicted molar refractivity (Wildman–Crippen MR) is 112 cm³/mol. The highest BCUT2D eigenvalue weighted by atomic mass is 35.5. The summed E-state index contributed by atoms with van der Waals surface area (Å²) in [4.78, 5) is 16.7. The minimum absolute atomic E-state index is 0. The van der Waals surface area contributed by atoms with E-state index in [1.54, 1.807) is 0 Å². The number of anilines is 1. The zero-order valence-corrected chi connectivity index (χ0v) is 17.5. The maximum atomic E-state index is 12.3. The predicted octanol–water partition coefficient (Wildman–Crippen LogP) is 3.91. The van der Waals surface area contributed by atoms with Gasteiger partial charge in [0.1, 0.15) is 5.75 Å². The number of aromatic nitrogens is 2. The van der Waals surface area contributed by atoms with Gasteiger partial charge in [-0.15, -0.1) is 12.4 Å². The van der Waals surface area contributed by atoms with Crippen molar-refractivity contribution in [1.82, 2.24) is 15.5 Å². The summed E-state index contributed by atoms with van der Waals surface area (Å²) < 4.78 is 10.9. The summed E-state index contributed by atoms with van der Waals surface area (Å²) in [6, 6.07) is 7.38. The van der Waals surface area contributed by atoms with Crippen molar-refractivity contribution in [2.24, 2.45) is 11.8 Å². The zero-order chi connectivity index (χ0) is 19.3. The fraction of sp³-hybridized carbons (Fsp3) is 0.571. The average Bonchev–Trinajstić information content (AvgIpc) is 3.46. The first-order chi connectivity index (χ1) is 13.7. The molecule has 1 aromatic carbocycles. The third-order valence-electron chi connectivity index (χ3n) is 5.56. The van der Waals surface area contributed by atoms with Gasteiger partial charge in [-0.3, -0.25) is 4.79 Å². The van der Waals surface area contributed by atoms with Crippen molar-refractivity contribution in [1.29, 1.82) is 0 Å².